The Kier molecular flexibility index (Phi) is 6.05. The maximum atomic E-state index is 13.7. The first-order valence-electron chi connectivity index (χ1n) is 6.18. The molecule has 1 rings (SSSR count). The van der Waals surface area contributed by atoms with Crippen molar-refractivity contribution in [3.63, 3.8) is 0 Å². The number of halogens is 4. The average molecular weight is 336 g/mol. The van der Waals surface area contributed by atoms with Crippen LogP contribution in [0.15, 0.2) is 23.3 Å². The zero-order valence-corrected chi connectivity index (χ0v) is 12.0. The van der Waals surface area contributed by atoms with Gasteiger partial charge in [-0.15, -0.1) is 13.2 Å². The molecule has 1 aromatic rings. The minimum absolute atomic E-state index is 0.0452. The summed E-state index contributed by atoms with van der Waals surface area (Å²) in [5.41, 5.74) is 1.14. The van der Waals surface area contributed by atoms with Gasteiger partial charge in [0.1, 0.15) is 5.75 Å². The van der Waals surface area contributed by atoms with E-state index >= 15 is 0 Å². The quantitative estimate of drug-likeness (QED) is 0.284. The van der Waals surface area contributed by atoms with E-state index in [1.54, 1.807) is 0 Å². The molecule has 0 saturated heterocycles. The number of ketones is 1. The van der Waals surface area contributed by atoms with Crippen molar-refractivity contribution in [2.45, 2.75) is 19.7 Å². The van der Waals surface area contributed by atoms with Gasteiger partial charge < -0.3 is 9.47 Å². The Bertz CT molecular complexity index is 611. The van der Waals surface area contributed by atoms with Crippen LogP contribution in [0.3, 0.4) is 0 Å². The lowest BCUT2D eigenvalue weighted by atomic mass is 10.2. The van der Waals surface area contributed by atoms with Crippen LogP contribution in [0.2, 0.25) is 0 Å². The number of rotatable bonds is 6. The van der Waals surface area contributed by atoms with Crippen LogP contribution in [0.25, 0.3) is 0 Å². The molecule has 0 aliphatic carbocycles. The van der Waals surface area contributed by atoms with Crippen LogP contribution in [-0.4, -0.2) is 30.9 Å². The van der Waals surface area contributed by atoms with Gasteiger partial charge in [0.2, 0.25) is 5.71 Å². The molecule has 0 atom stereocenters. The second-order valence-electron chi connectivity index (χ2n) is 4.03. The highest BCUT2D eigenvalue weighted by atomic mass is 19.4. The summed E-state index contributed by atoms with van der Waals surface area (Å²) in [4.78, 5) is 22.9. The lowest BCUT2D eigenvalue weighted by Crippen LogP contribution is -2.26. The number of hydrogen-bond acceptors (Lipinski definition) is 6. The van der Waals surface area contributed by atoms with E-state index in [9.17, 15) is 27.2 Å². The number of hydrazone groups is 1. The molecular formula is C13H12F4N2O4. The Balaban J connectivity index is 2.97. The molecule has 0 fully saturated rings. The van der Waals surface area contributed by atoms with E-state index in [4.69, 9.17) is 0 Å². The second kappa shape index (κ2) is 7.56. The lowest BCUT2D eigenvalue weighted by Gasteiger charge is -2.10. The van der Waals surface area contributed by atoms with Gasteiger partial charge in [0.05, 0.1) is 12.8 Å². The van der Waals surface area contributed by atoms with Gasteiger partial charge >= 0.3 is 12.3 Å². The summed E-state index contributed by atoms with van der Waals surface area (Å²) in [5, 5.41) is 3.44. The van der Waals surface area contributed by atoms with Crippen molar-refractivity contribution < 1.29 is 36.6 Å². The summed E-state index contributed by atoms with van der Waals surface area (Å²) in [6.07, 6.45) is -5.00. The summed E-state index contributed by atoms with van der Waals surface area (Å²) in [7, 11) is 1.03. The highest BCUT2D eigenvalue weighted by Gasteiger charge is 2.31. The Morgan fingerprint density at radius 3 is 2.43 bits per heavy atom. The number of carbonyl (C=O) groups is 2. The fourth-order valence-corrected chi connectivity index (χ4v) is 1.39. The molecule has 0 unspecified atom stereocenters. The van der Waals surface area contributed by atoms with E-state index in [0.717, 1.165) is 19.2 Å². The van der Waals surface area contributed by atoms with Gasteiger partial charge in [-0.1, -0.05) is 6.92 Å². The smallest absolute Gasteiger partial charge is 0.464 e. The third-order valence-electron chi connectivity index (χ3n) is 2.43. The van der Waals surface area contributed by atoms with E-state index in [1.807, 2.05) is 0 Å². The maximum Gasteiger partial charge on any atom is 0.573 e. The molecule has 0 aliphatic rings. The topological polar surface area (TPSA) is 77.0 Å². The van der Waals surface area contributed by atoms with Crippen LogP contribution in [0.4, 0.5) is 23.2 Å². The third kappa shape index (κ3) is 5.57. The minimum atomic E-state index is -4.95. The van der Waals surface area contributed by atoms with Crippen molar-refractivity contribution in [3.05, 3.63) is 24.0 Å². The van der Waals surface area contributed by atoms with Crippen LogP contribution in [0.5, 0.6) is 5.75 Å². The molecule has 0 heterocycles. The maximum absolute atomic E-state index is 13.7. The van der Waals surface area contributed by atoms with E-state index in [-0.39, 0.29) is 12.1 Å². The summed E-state index contributed by atoms with van der Waals surface area (Å²) in [6, 6.07) is 2.23. The zero-order chi connectivity index (χ0) is 17.6. The minimum Gasteiger partial charge on any atom is -0.464 e. The van der Waals surface area contributed by atoms with Gasteiger partial charge in [0.25, 0.3) is 0 Å². The Hall–Kier alpha value is -2.65. The number of benzene rings is 1. The van der Waals surface area contributed by atoms with Crippen LogP contribution < -0.4 is 10.2 Å². The number of methoxy groups -OCH3 is 1. The molecule has 0 saturated carbocycles. The summed E-state index contributed by atoms with van der Waals surface area (Å²) < 4.78 is 57.6. The van der Waals surface area contributed by atoms with E-state index in [1.165, 1.54) is 6.92 Å². The number of anilines is 1. The molecule has 0 aliphatic heterocycles. The number of ether oxygens (including phenoxy) is 2. The van der Waals surface area contributed by atoms with Crippen molar-refractivity contribution >= 4 is 23.2 Å². The fourth-order valence-electron chi connectivity index (χ4n) is 1.39. The van der Waals surface area contributed by atoms with Crippen LogP contribution in [-0.2, 0) is 14.3 Å². The molecule has 1 aromatic carbocycles. The van der Waals surface area contributed by atoms with Crippen molar-refractivity contribution in [3.8, 4) is 5.75 Å². The number of esters is 1. The van der Waals surface area contributed by atoms with E-state index < -0.39 is 35.4 Å². The molecule has 23 heavy (non-hydrogen) atoms. The van der Waals surface area contributed by atoms with Gasteiger partial charge in [0, 0.05) is 12.5 Å². The molecule has 0 radical (unpaired) electrons. The molecule has 6 nitrogen and oxygen atoms in total. The molecule has 0 bridgehead atoms. The number of nitrogens with one attached hydrogen (secondary N) is 1. The summed E-state index contributed by atoms with van der Waals surface area (Å²) in [5.74, 6) is -3.56. The normalized spacial score (nSPS) is 11.8. The fraction of sp³-hybridized carbons (Fsp3) is 0.308. The third-order valence-corrected chi connectivity index (χ3v) is 2.43. The first-order chi connectivity index (χ1) is 10.7. The summed E-state index contributed by atoms with van der Waals surface area (Å²) in [6.45, 7) is 1.48. The largest absolute Gasteiger partial charge is 0.573 e. The first kappa shape index (κ1) is 18.4. The highest BCUT2D eigenvalue weighted by molar-refractivity contribution is 6.64. The van der Waals surface area contributed by atoms with Crippen molar-refractivity contribution in [2.75, 3.05) is 12.5 Å². The standard InChI is InChI=1S/C13H12F4N2O4/c1-3-10(20)11(12(21)22-2)19-18-9-5-4-7(6-8(9)14)23-13(15,16)17/h4-6,18H,3H2,1-2H3. The predicted molar refractivity (Wildman–Crippen MR) is 71.5 cm³/mol. The lowest BCUT2D eigenvalue weighted by molar-refractivity contribution is -0.274. The number of alkyl halides is 3. The Morgan fingerprint density at radius 2 is 1.96 bits per heavy atom. The zero-order valence-electron chi connectivity index (χ0n) is 12.0. The molecule has 126 valence electrons. The molecule has 0 aromatic heterocycles. The Morgan fingerprint density at radius 1 is 1.30 bits per heavy atom. The molecule has 1 N–H and O–H groups in total. The first-order valence-corrected chi connectivity index (χ1v) is 6.18. The number of hydrogen-bond donors (Lipinski definition) is 1. The van der Waals surface area contributed by atoms with Crippen LogP contribution >= 0.6 is 0 Å². The molecule has 0 amide bonds. The molecule has 0 spiro atoms. The van der Waals surface area contributed by atoms with Gasteiger partial charge in [-0.3, -0.25) is 10.2 Å². The van der Waals surface area contributed by atoms with Crippen LogP contribution in [0.1, 0.15) is 13.3 Å². The van der Waals surface area contributed by atoms with Crippen molar-refractivity contribution in [1.82, 2.24) is 0 Å². The van der Waals surface area contributed by atoms with Crippen molar-refractivity contribution in [1.29, 1.82) is 0 Å². The SMILES string of the molecule is CCC(=O)C(=NNc1ccc(OC(F)(F)F)cc1F)C(=O)OC. The average Bonchev–Trinajstić information content (AvgIpc) is 2.46. The van der Waals surface area contributed by atoms with Gasteiger partial charge in [-0.2, -0.15) is 5.10 Å². The van der Waals surface area contributed by atoms with Gasteiger partial charge in [-0.05, 0) is 12.1 Å². The Labute approximate surface area is 128 Å². The molecular weight excluding hydrogens is 324 g/mol. The van der Waals surface area contributed by atoms with E-state index in [2.05, 4.69) is 20.0 Å². The van der Waals surface area contributed by atoms with Crippen molar-refractivity contribution in [2.24, 2.45) is 5.10 Å². The van der Waals surface area contributed by atoms with E-state index in [0.29, 0.717) is 6.07 Å². The van der Waals surface area contributed by atoms with Gasteiger partial charge in [0.15, 0.2) is 11.6 Å². The highest BCUT2D eigenvalue weighted by Crippen LogP contribution is 2.26. The second-order valence-corrected chi connectivity index (χ2v) is 4.03. The summed E-state index contributed by atoms with van der Waals surface area (Å²) >= 11 is 0. The number of nitrogens with zero attached hydrogens (tertiary/aromatic N) is 1. The molecule has 10 heteroatoms. The monoisotopic (exact) mass is 336 g/mol. The number of Topliss-reactive ketones (excluding diaryl/α,β-unsaturated/α-hetero) is 1. The predicted octanol–water partition coefficient (Wildman–Crippen LogP) is 2.64. The van der Waals surface area contributed by atoms with Crippen LogP contribution in [0, 0.1) is 5.82 Å². The van der Waals surface area contributed by atoms with Gasteiger partial charge in [-0.25, -0.2) is 9.18 Å². The number of carbonyl (C=O) groups excluding carboxylic acids is 2.